The van der Waals surface area contributed by atoms with Crippen LogP contribution >= 0.6 is 0 Å². The number of anilines is 1. The van der Waals surface area contributed by atoms with Gasteiger partial charge >= 0.3 is 0 Å². The van der Waals surface area contributed by atoms with E-state index in [0.29, 0.717) is 31.7 Å². The Morgan fingerprint density at radius 2 is 1.76 bits per heavy atom. The third-order valence-corrected chi connectivity index (χ3v) is 6.15. The first-order valence-electron chi connectivity index (χ1n) is 8.12. The molecule has 2 heterocycles. The lowest BCUT2D eigenvalue weighted by Gasteiger charge is -2.34. The van der Waals surface area contributed by atoms with Gasteiger partial charge in [-0.05, 0) is 24.6 Å². The molecule has 2 aromatic rings. The van der Waals surface area contributed by atoms with Crippen molar-refractivity contribution in [2.24, 2.45) is 0 Å². The van der Waals surface area contributed by atoms with Gasteiger partial charge in [0.2, 0.25) is 10.0 Å². The molecule has 6 nitrogen and oxygen atoms in total. The van der Waals surface area contributed by atoms with Crippen molar-refractivity contribution in [1.82, 2.24) is 9.29 Å². The van der Waals surface area contributed by atoms with Gasteiger partial charge in [-0.25, -0.2) is 13.4 Å². The molecule has 1 aromatic heterocycles. The molecule has 3 rings (SSSR count). The zero-order chi connectivity index (χ0) is 17.9. The number of piperazine rings is 1. The van der Waals surface area contributed by atoms with E-state index in [1.807, 2.05) is 42.2 Å². The summed E-state index contributed by atoms with van der Waals surface area (Å²) >= 11 is 0. The Kier molecular flexibility index (Phi) is 5.02. The van der Waals surface area contributed by atoms with Gasteiger partial charge < -0.3 is 4.90 Å². The second kappa shape index (κ2) is 7.21. The van der Waals surface area contributed by atoms with Gasteiger partial charge in [0.25, 0.3) is 0 Å². The highest BCUT2D eigenvalue weighted by molar-refractivity contribution is 7.88. The molecule has 1 aromatic carbocycles. The fourth-order valence-corrected chi connectivity index (χ4v) is 4.34. The van der Waals surface area contributed by atoms with E-state index in [-0.39, 0.29) is 5.75 Å². The van der Waals surface area contributed by atoms with Crippen molar-refractivity contribution in [3.8, 4) is 6.07 Å². The average molecular weight is 356 g/mol. The molecule has 130 valence electrons. The number of aryl methyl sites for hydroxylation is 1. The highest BCUT2D eigenvalue weighted by Gasteiger charge is 2.27. The summed E-state index contributed by atoms with van der Waals surface area (Å²) in [7, 11) is -3.32. The molecule has 1 fully saturated rings. The van der Waals surface area contributed by atoms with E-state index >= 15 is 0 Å². The van der Waals surface area contributed by atoms with Gasteiger partial charge in [-0.1, -0.05) is 29.8 Å². The smallest absolute Gasteiger partial charge is 0.218 e. The molecule has 1 aliphatic rings. The number of aromatic nitrogens is 1. The van der Waals surface area contributed by atoms with E-state index in [1.165, 1.54) is 6.20 Å². The summed E-state index contributed by atoms with van der Waals surface area (Å²) in [6, 6.07) is 13.2. The molecule has 0 amide bonds. The van der Waals surface area contributed by atoms with Crippen LogP contribution in [0.25, 0.3) is 0 Å². The number of nitrogens with zero attached hydrogens (tertiary/aromatic N) is 4. The number of hydrogen-bond donors (Lipinski definition) is 0. The van der Waals surface area contributed by atoms with Crippen molar-refractivity contribution in [3.63, 3.8) is 0 Å². The van der Waals surface area contributed by atoms with Crippen LogP contribution in [0.15, 0.2) is 42.6 Å². The molecule has 1 aliphatic heterocycles. The molecule has 1 saturated heterocycles. The zero-order valence-electron chi connectivity index (χ0n) is 14.1. The van der Waals surface area contributed by atoms with Crippen LogP contribution < -0.4 is 4.90 Å². The molecular weight excluding hydrogens is 336 g/mol. The summed E-state index contributed by atoms with van der Waals surface area (Å²) in [4.78, 5) is 6.31. The largest absolute Gasteiger partial charge is 0.354 e. The van der Waals surface area contributed by atoms with Crippen LogP contribution in [0.1, 0.15) is 16.7 Å². The maximum atomic E-state index is 12.6. The van der Waals surface area contributed by atoms with Crippen LogP contribution in [0.4, 0.5) is 5.82 Å². The van der Waals surface area contributed by atoms with E-state index in [2.05, 4.69) is 4.98 Å². The monoisotopic (exact) mass is 356 g/mol. The lowest BCUT2D eigenvalue weighted by molar-refractivity contribution is 0.383. The van der Waals surface area contributed by atoms with Crippen molar-refractivity contribution in [3.05, 3.63) is 59.3 Å². The minimum Gasteiger partial charge on any atom is -0.354 e. The van der Waals surface area contributed by atoms with Gasteiger partial charge in [0.05, 0.1) is 11.3 Å². The van der Waals surface area contributed by atoms with E-state index in [9.17, 15) is 8.42 Å². The van der Waals surface area contributed by atoms with E-state index < -0.39 is 10.0 Å². The summed E-state index contributed by atoms with van der Waals surface area (Å²) < 4.78 is 26.8. The van der Waals surface area contributed by atoms with Crippen LogP contribution in [0, 0.1) is 18.3 Å². The SMILES string of the molecule is Cc1ccc(CS(=O)(=O)N2CCN(c3ccc(C#N)cn3)CC2)cc1. The zero-order valence-corrected chi connectivity index (χ0v) is 14.9. The Balaban J connectivity index is 1.62. The Hall–Kier alpha value is -2.43. The molecule has 0 spiro atoms. The predicted molar refractivity (Wildman–Crippen MR) is 96.5 cm³/mol. The van der Waals surface area contributed by atoms with Crippen molar-refractivity contribution in [2.75, 3.05) is 31.1 Å². The Morgan fingerprint density at radius 3 is 2.32 bits per heavy atom. The van der Waals surface area contributed by atoms with E-state index in [1.54, 1.807) is 16.4 Å². The summed E-state index contributed by atoms with van der Waals surface area (Å²) in [5.74, 6) is 0.803. The fourth-order valence-electron chi connectivity index (χ4n) is 2.82. The minimum atomic E-state index is -3.32. The Morgan fingerprint density at radius 1 is 1.08 bits per heavy atom. The number of nitriles is 1. The lowest BCUT2D eigenvalue weighted by atomic mass is 10.2. The number of benzene rings is 1. The van der Waals surface area contributed by atoms with Gasteiger partial charge in [0.1, 0.15) is 11.9 Å². The quantitative estimate of drug-likeness (QED) is 0.836. The summed E-state index contributed by atoms with van der Waals surface area (Å²) in [6.45, 7) is 4.04. The highest BCUT2D eigenvalue weighted by Crippen LogP contribution is 2.18. The lowest BCUT2D eigenvalue weighted by Crippen LogP contribution is -2.49. The summed E-state index contributed by atoms with van der Waals surface area (Å²) in [5, 5.41) is 8.82. The molecule has 0 bridgehead atoms. The second-order valence-electron chi connectivity index (χ2n) is 6.14. The molecule has 0 saturated carbocycles. The Labute approximate surface area is 148 Å². The molecule has 0 aliphatic carbocycles. The molecule has 7 heteroatoms. The number of pyridine rings is 1. The standard InChI is InChI=1S/C18H20N4O2S/c1-15-2-4-16(5-3-15)14-25(23,24)22-10-8-21(9-11-22)18-7-6-17(12-19)13-20-18/h2-7,13H,8-11,14H2,1H3. The van der Waals surface area contributed by atoms with Crippen LogP contribution in [0.2, 0.25) is 0 Å². The third-order valence-electron chi connectivity index (χ3n) is 4.30. The first-order chi connectivity index (χ1) is 12.0. The maximum Gasteiger partial charge on any atom is 0.218 e. The molecule has 0 N–H and O–H groups in total. The van der Waals surface area contributed by atoms with Gasteiger partial charge in [-0.3, -0.25) is 0 Å². The van der Waals surface area contributed by atoms with Crippen molar-refractivity contribution < 1.29 is 8.42 Å². The first kappa shape index (κ1) is 17.4. The first-order valence-corrected chi connectivity index (χ1v) is 9.73. The molecular formula is C18H20N4O2S. The van der Waals surface area contributed by atoms with Crippen LogP contribution in [-0.2, 0) is 15.8 Å². The van der Waals surface area contributed by atoms with Gasteiger partial charge in [0.15, 0.2) is 0 Å². The van der Waals surface area contributed by atoms with Crippen LogP contribution in [-0.4, -0.2) is 43.9 Å². The Bertz CT molecular complexity index is 863. The van der Waals surface area contributed by atoms with Gasteiger partial charge in [-0.2, -0.15) is 9.57 Å². The second-order valence-corrected chi connectivity index (χ2v) is 8.11. The van der Waals surface area contributed by atoms with Crippen molar-refractivity contribution in [2.45, 2.75) is 12.7 Å². The third kappa shape index (κ3) is 4.16. The maximum absolute atomic E-state index is 12.6. The normalized spacial score (nSPS) is 15.8. The van der Waals surface area contributed by atoms with E-state index in [0.717, 1.165) is 16.9 Å². The van der Waals surface area contributed by atoms with Crippen LogP contribution in [0.3, 0.4) is 0 Å². The number of hydrogen-bond acceptors (Lipinski definition) is 5. The topological polar surface area (TPSA) is 77.3 Å². The van der Waals surface area contributed by atoms with Crippen LogP contribution in [0.5, 0.6) is 0 Å². The van der Waals surface area contributed by atoms with Crippen molar-refractivity contribution in [1.29, 1.82) is 5.26 Å². The molecule has 0 unspecified atom stereocenters. The minimum absolute atomic E-state index is 0.0302. The molecule has 25 heavy (non-hydrogen) atoms. The van der Waals surface area contributed by atoms with E-state index in [4.69, 9.17) is 5.26 Å². The number of rotatable bonds is 4. The van der Waals surface area contributed by atoms with Gasteiger partial charge in [-0.15, -0.1) is 0 Å². The predicted octanol–water partition coefficient (Wildman–Crippen LogP) is 1.91. The summed E-state index contributed by atoms with van der Waals surface area (Å²) in [5.41, 5.74) is 2.44. The van der Waals surface area contributed by atoms with Crippen molar-refractivity contribution >= 4 is 15.8 Å². The summed E-state index contributed by atoms with van der Waals surface area (Å²) in [6.07, 6.45) is 1.54. The average Bonchev–Trinajstić information content (AvgIpc) is 2.64. The molecule has 0 radical (unpaired) electrons. The highest BCUT2D eigenvalue weighted by atomic mass is 32.2. The number of sulfonamides is 1. The molecule has 0 atom stereocenters. The fraction of sp³-hybridized carbons (Fsp3) is 0.333. The van der Waals surface area contributed by atoms with Gasteiger partial charge in [0, 0.05) is 32.4 Å².